The highest BCUT2D eigenvalue weighted by molar-refractivity contribution is 7.99. The second-order valence-electron chi connectivity index (χ2n) is 6.22. The van der Waals surface area contributed by atoms with Gasteiger partial charge in [-0.25, -0.2) is 17.5 Å². The van der Waals surface area contributed by atoms with Crippen LogP contribution in [-0.4, -0.2) is 14.2 Å². The molecule has 0 fully saturated rings. The van der Waals surface area contributed by atoms with Gasteiger partial charge < -0.3 is 0 Å². The maximum Gasteiger partial charge on any atom is 0.241 e. The molecule has 1 aliphatic rings. The second-order valence-corrected chi connectivity index (χ2v) is 9.01. The van der Waals surface area contributed by atoms with Gasteiger partial charge >= 0.3 is 0 Å². The lowest BCUT2D eigenvalue weighted by Crippen LogP contribution is -2.31. The van der Waals surface area contributed by atoms with Crippen molar-refractivity contribution in [2.45, 2.75) is 43.0 Å². The maximum atomic E-state index is 13.6. The number of fused-ring (bicyclic) bond motifs is 1. The van der Waals surface area contributed by atoms with Crippen molar-refractivity contribution in [2.75, 3.05) is 5.75 Å². The fraction of sp³-hybridized carbons (Fsp3) is 0.333. The molecule has 2 aromatic rings. The van der Waals surface area contributed by atoms with Crippen LogP contribution in [0.3, 0.4) is 0 Å². The van der Waals surface area contributed by atoms with Gasteiger partial charge in [-0.2, -0.15) is 0 Å². The number of halogens is 1. The third-order valence-electron chi connectivity index (χ3n) is 4.18. The van der Waals surface area contributed by atoms with E-state index in [1.54, 1.807) is 31.7 Å². The Bertz CT molecular complexity index is 871. The first kappa shape index (κ1) is 17.5. The molecule has 2 aromatic carbocycles. The zero-order valence-corrected chi connectivity index (χ0v) is 15.5. The molecule has 1 aliphatic heterocycles. The molecule has 1 N–H and O–H groups in total. The van der Waals surface area contributed by atoms with E-state index in [0.717, 1.165) is 32.9 Å². The van der Waals surface area contributed by atoms with Crippen LogP contribution < -0.4 is 4.72 Å². The first-order chi connectivity index (χ1) is 11.3. The van der Waals surface area contributed by atoms with Crippen LogP contribution in [-0.2, 0) is 10.0 Å². The molecule has 0 spiro atoms. The minimum Gasteiger partial charge on any atom is -0.207 e. The van der Waals surface area contributed by atoms with Gasteiger partial charge in [-0.05, 0) is 67.8 Å². The van der Waals surface area contributed by atoms with E-state index in [1.807, 2.05) is 19.1 Å². The van der Waals surface area contributed by atoms with E-state index >= 15 is 0 Å². The second kappa shape index (κ2) is 6.50. The van der Waals surface area contributed by atoms with Crippen LogP contribution in [0.15, 0.2) is 40.1 Å². The quantitative estimate of drug-likeness (QED) is 0.884. The Hall–Kier alpha value is -1.37. The highest BCUT2D eigenvalue weighted by atomic mass is 32.2. The molecule has 1 atom stereocenters. The number of nitrogens with one attached hydrogen (secondary N) is 1. The van der Waals surface area contributed by atoms with Crippen LogP contribution in [0.1, 0.15) is 34.7 Å². The number of aryl methyl sites for hydroxylation is 3. The van der Waals surface area contributed by atoms with Crippen molar-refractivity contribution in [2.24, 2.45) is 0 Å². The van der Waals surface area contributed by atoms with E-state index in [4.69, 9.17) is 0 Å². The number of hydrogen-bond donors (Lipinski definition) is 1. The molecular weight excluding hydrogens is 345 g/mol. The average Bonchev–Trinajstić information content (AvgIpc) is 2.46. The Morgan fingerprint density at radius 1 is 1.12 bits per heavy atom. The van der Waals surface area contributed by atoms with E-state index in [2.05, 4.69) is 4.72 Å². The van der Waals surface area contributed by atoms with Gasteiger partial charge in [0.15, 0.2) is 0 Å². The van der Waals surface area contributed by atoms with Crippen LogP contribution in [0.2, 0.25) is 0 Å². The summed E-state index contributed by atoms with van der Waals surface area (Å²) in [6.45, 7) is 5.55. The van der Waals surface area contributed by atoms with E-state index in [9.17, 15) is 12.8 Å². The first-order valence-corrected chi connectivity index (χ1v) is 10.3. The fourth-order valence-electron chi connectivity index (χ4n) is 3.32. The van der Waals surface area contributed by atoms with E-state index < -0.39 is 16.1 Å². The predicted octanol–water partition coefficient (Wildman–Crippen LogP) is 4.27. The van der Waals surface area contributed by atoms with Gasteiger partial charge in [0.05, 0.1) is 4.90 Å². The summed E-state index contributed by atoms with van der Waals surface area (Å²) in [6.07, 6.45) is 0.643. The predicted molar refractivity (Wildman–Crippen MR) is 95.5 cm³/mol. The lowest BCUT2D eigenvalue weighted by Gasteiger charge is -2.26. The van der Waals surface area contributed by atoms with Crippen molar-refractivity contribution in [3.8, 4) is 0 Å². The summed E-state index contributed by atoms with van der Waals surface area (Å²) < 4.78 is 42.3. The summed E-state index contributed by atoms with van der Waals surface area (Å²) in [5.41, 5.74) is 3.21. The minimum absolute atomic E-state index is 0.323. The van der Waals surface area contributed by atoms with Crippen LogP contribution in [0.4, 0.5) is 4.39 Å². The maximum absolute atomic E-state index is 13.6. The molecule has 0 saturated carbocycles. The summed E-state index contributed by atoms with van der Waals surface area (Å²) in [4.78, 5) is 1.26. The summed E-state index contributed by atoms with van der Waals surface area (Å²) in [7, 11) is -3.68. The van der Waals surface area contributed by atoms with Gasteiger partial charge in [0, 0.05) is 10.9 Å². The molecule has 3 rings (SSSR count). The molecule has 0 radical (unpaired) electrons. The van der Waals surface area contributed by atoms with Crippen LogP contribution in [0, 0.1) is 26.6 Å². The molecule has 0 saturated heterocycles. The van der Waals surface area contributed by atoms with Crippen LogP contribution in [0.25, 0.3) is 0 Å². The zero-order chi connectivity index (χ0) is 17.5. The summed E-state index contributed by atoms with van der Waals surface area (Å²) >= 11 is 1.63. The molecule has 0 amide bonds. The molecule has 0 bridgehead atoms. The Balaban J connectivity index is 1.99. The van der Waals surface area contributed by atoms with Crippen LogP contribution >= 0.6 is 11.8 Å². The van der Waals surface area contributed by atoms with Gasteiger partial charge in [-0.1, -0.05) is 17.7 Å². The summed E-state index contributed by atoms with van der Waals surface area (Å²) in [5.74, 6) is 0.459. The SMILES string of the molecule is Cc1cc(C)c(S(=O)(=O)N[C@@H]2CCSc3ccc(F)cc32)c(C)c1. The Morgan fingerprint density at radius 3 is 2.46 bits per heavy atom. The number of thioether (sulfide) groups is 1. The normalized spacial score (nSPS) is 17.6. The Kier molecular flexibility index (Phi) is 4.73. The number of benzene rings is 2. The molecule has 0 aromatic heterocycles. The van der Waals surface area contributed by atoms with Crippen LogP contribution in [0.5, 0.6) is 0 Å². The monoisotopic (exact) mass is 365 g/mol. The molecule has 6 heteroatoms. The Morgan fingerprint density at radius 2 is 1.79 bits per heavy atom. The molecule has 1 heterocycles. The largest absolute Gasteiger partial charge is 0.241 e. The van der Waals surface area contributed by atoms with E-state index in [-0.39, 0.29) is 5.82 Å². The van der Waals surface area contributed by atoms with Crippen molar-refractivity contribution < 1.29 is 12.8 Å². The molecular formula is C18H20FNO2S2. The van der Waals surface area contributed by atoms with E-state index in [0.29, 0.717) is 11.3 Å². The van der Waals surface area contributed by atoms with Gasteiger partial charge in [0.2, 0.25) is 10.0 Å². The highest BCUT2D eigenvalue weighted by Crippen LogP contribution is 2.37. The average molecular weight is 365 g/mol. The fourth-order valence-corrected chi connectivity index (χ4v) is 6.13. The molecule has 0 unspecified atom stereocenters. The lowest BCUT2D eigenvalue weighted by atomic mass is 10.0. The first-order valence-electron chi connectivity index (χ1n) is 7.80. The highest BCUT2D eigenvalue weighted by Gasteiger charge is 2.28. The Labute approximate surface area is 146 Å². The van der Waals surface area contributed by atoms with Gasteiger partial charge in [-0.15, -0.1) is 11.8 Å². The van der Waals surface area contributed by atoms with Crippen molar-refractivity contribution in [1.29, 1.82) is 0 Å². The zero-order valence-electron chi connectivity index (χ0n) is 13.9. The molecule has 128 valence electrons. The molecule has 0 aliphatic carbocycles. The third-order valence-corrected chi connectivity index (χ3v) is 7.08. The van der Waals surface area contributed by atoms with Gasteiger partial charge in [-0.3, -0.25) is 0 Å². The third kappa shape index (κ3) is 3.36. The summed E-state index contributed by atoms with van der Waals surface area (Å²) in [6, 6.07) is 7.90. The minimum atomic E-state index is -3.68. The summed E-state index contributed by atoms with van der Waals surface area (Å²) in [5, 5.41) is 0. The van der Waals surface area contributed by atoms with Crippen molar-refractivity contribution in [3.63, 3.8) is 0 Å². The lowest BCUT2D eigenvalue weighted by molar-refractivity contribution is 0.540. The van der Waals surface area contributed by atoms with Crippen molar-refractivity contribution in [3.05, 3.63) is 58.4 Å². The van der Waals surface area contributed by atoms with Crippen molar-refractivity contribution in [1.82, 2.24) is 4.72 Å². The molecule has 3 nitrogen and oxygen atoms in total. The van der Waals surface area contributed by atoms with E-state index in [1.165, 1.54) is 12.1 Å². The topological polar surface area (TPSA) is 46.2 Å². The number of rotatable bonds is 3. The molecule has 24 heavy (non-hydrogen) atoms. The standard InChI is InChI=1S/C18H20FNO2S2/c1-11-8-12(2)18(13(3)9-11)24(21,22)20-16-6-7-23-17-5-4-14(19)10-15(16)17/h4-5,8-10,16,20H,6-7H2,1-3H3/t16-/m1/s1. The number of hydrogen-bond acceptors (Lipinski definition) is 3. The smallest absolute Gasteiger partial charge is 0.207 e. The van der Waals surface area contributed by atoms with Gasteiger partial charge in [0.1, 0.15) is 5.82 Å². The number of sulfonamides is 1. The van der Waals surface area contributed by atoms with Crippen molar-refractivity contribution >= 4 is 21.8 Å². The van der Waals surface area contributed by atoms with Gasteiger partial charge in [0.25, 0.3) is 0 Å².